The molecule has 6 rings (SSSR count). The molecule has 5 aromatic rings. The van der Waals surface area contributed by atoms with E-state index in [1.54, 1.807) is 0 Å². The molecule has 0 aliphatic carbocycles. The van der Waals surface area contributed by atoms with E-state index in [-0.39, 0.29) is 11.2 Å². The van der Waals surface area contributed by atoms with E-state index in [2.05, 4.69) is 107 Å². The Morgan fingerprint density at radius 3 is 1.85 bits per heavy atom. The van der Waals surface area contributed by atoms with Crippen molar-refractivity contribution in [2.75, 3.05) is 0 Å². The Bertz CT molecular complexity index is 1480. The zero-order chi connectivity index (χ0) is 23.5. The predicted octanol–water partition coefficient (Wildman–Crippen LogP) is 7.22. The maximum Gasteiger partial charge on any atom is 0.494 e. The Labute approximate surface area is 200 Å². The fourth-order valence-corrected chi connectivity index (χ4v) is 4.69. The van der Waals surface area contributed by atoms with Crippen LogP contribution in [0.5, 0.6) is 0 Å². The lowest BCUT2D eigenvalue weighted by Crippen LogP contribution is -2.41. The van der Waals surface area contributed by atoms with Gasteiger partial charge in [-0.1, -0.05) is 72.8 Å². The van der Waals surface area contributed by atoms with Crippen molar-refractivity contribution >= 4 is 34.5 Å². The molecular weight excluding hydrogens is 419 g/mol. The van der Waals surface area contributed by atoms with Crippen molar-refractivity contribution in [2.45, 2.75) is 38.9 Å². The van der Waals surface area contributed by atoms with Crippen LogP contribution in [0.25, 0.3) is 44.2 Å². The van der Waals surface area contributed by atoms with Gasteiger partial charge in [0.05, 0.1) is 11.2 Å². The van der Waals surface area contributed by atoms with Crippen LogP contribution < -0.4 is 5.46 Å². The molecule has 0 unspecified atom stereocenters. The number of hydrogen-bond acceptors (Lipinski definition) is 3. The Morgan fingerprint density at radius 1 is 0.588 bits per heavy atom. The SMILES string of the molecule is CC1(C)OB(c2ccc3c(c2)oc2cc(-c4ccccc4)cc(-c4ccccc4)c23)OC1(C)C. The lowest BCUT2D eigenvalue weighted by molar-refractivity contribution is 0.00578. The van der Waals surface area contributed by atoms with Crippen molar-refractivity contribution < 1.29 is 13.7 Å². The van der Waals surface area contributed by atoms with E-state index in [9.17, 15) is 0 Å². The molecule has 1 aliphatic rings. The zero-order valence-corrected chi connectivity index (χ0v) is 20.0. The molecule has 0 atom stereocenters. The van der Waals surface area contributed by atoms with Crippen LogP contribution in [-0.4, -0.2) is 18.3 Å². The van der Waals surface area contributed by atoms with Crippen molar-refractivity contribution in [3.8, 4) is 22.3 Å². The standard InChI is InChI=1S/C30H27BO3/c1-29(2)30(3,4)34-31(33-29)23-15-16-24-26(19-23)32-27-18-22(20-11-7-5-8-12-20)17-25(28(24)27)21-13-9-6-10-14-21/h5-19H,1-4H3. The summed E-state index contributed by atoms with van der Waals surface area (Å²) in [6.45, 7) is 8.29. The van der Waals surface area contributed by atoms with Gasteiger partial charge < -0.3 is 13.7 Å². The fraction of sp³-hybridized carbons (Fsp3) is 0.200. The van der Waals surface area contributed by atoms with Gasteiger partial charge in [-0.3, -0.25) is 0 Å². The van der Waals surface area contributed by atoms with Gasteiger partial charge in [0, 0.05) is 10.8 Å². The van der Waals surface area contributed by atoms with Crippen LogP contribution in [0.1, 0.15) is 27.7 Å². The van der Waals surface area contributed by atoms with E-state index >= 15 is 0 Å². The largest absolute Gasteiger partial charge is 0.494 e. The molecule has 4 aromatic carbocycles. The molecule has 1 fully saturated rings. The Balaban J connectivity index is 1.54. The van der Waals surface area contributed by atoms with Gasteiger partial charge in [-0.15, -0.1) is 0 Å². The summed E-state index contributed by atoms with van der Waals surface area (Å²) in [4.78, 5) is 0. The first-order chi connectivity index (χ1) is 16.3. The quantitative estimate of drug-likeness (QED) is 0.274. The smallest absolute Gasteiger partial charge is 0.456 e. The van der Waals surface area contributed by atoms with Gasteiger partial charge in [-0.25, -0.2) is 0 Å². The molecule has 1 aliphatic heterocycles. The topological polar surface area (TPSA) is 31.6 Å². The van der Waals surface area contributed by atoms with Crippen molar-refractivity contribution in [3.05, 3.63) is 91.0 Å². The summed E-state index contributed by atoms with van der Waals surface area (Å²) in [5, 5.41) is 2.22. The molecule has 1 saturated heterocycles. The minimum atomic E-state index is -0.420. The normalized spacial score (nSPS) is 17.0. The highest BCUT2D eigenvalue weighted by Gasteiger charge is 2.51. The first-order valence-electron chi connectivity index (χ1n) is 11.8. The number of rotatable bonds is 3. The third kappa shape index (κ3) is 3.37. The van der Waals surface area contributed by atoms with Crippen LogP contribution in [0.15, 0.2) is 95.4 Å². The van der Waals surface area contributed by atoms with Crippen LogP contribution in [0.3, 0.4) is 0 Å². The van der Waals surface area contributed by atoms with Crippen molar-refractivity contribution in [1.82, 2.24) is 0 Å². The van der Waals surface area contributed by atoms with Gasteiger partial charge in [-0.05, 0) is 73.6 Å². The third-order valence-electron chi connectivity index (χ3n) is 7.31. The first kappa shape index (κ1) is 21.2. The van der Waals surface area contributed by atoms with Gasteiger partial charge in [0.2, 0.25) is 0 Å². The van der Waals surface area contributed by atoms with E-state index < -0.39 is 7.12 Å². The van der Waals surface area contributed by atoms with Crippen LogP contribution in [0.4, 0.5) is 0 Å². The van der Waals surface area contributed by atoms with E-state index in [4.69, 9.17) is 13.7 Å². The maximum absolute atomic E-state index is 6.47. The average Bonchev–Trinajstić information content (AvgIpc) is 3.31. The summed E-state index contributed by atoms with van der Waals surface area (Å²) < 4.78 is 19.0. The highest BCUT2D eigenvalue weighted by Crippen LogP contribution is 2.41. The predicted molar refractivity (Wildman–Crippen MR) is 140 cm³/mol. The van der Waals surface area contributed by atoms with Gasteiger partial charge >= 0.3 is 7.12 Å². The lowest BCUT2D eigenvalue weighted by Gasteiger charge is -2.32. The van der Waals surface area contributed by atoms with Gasteiger partial charge in [0.1, 0.15) is 11.2 Å². The van der Waals surface area contributed by atoms with E-state index in [0.717, 1.165) is 33.0 Å². The zero-order valence-electron chi connectivity index (χ0n) is 20.0. The molecule has 2 heterocycles. The van der Waals surface area contributed by atoms with E-state index in [1.165, 1.54) is 16.7 Å². The molecule has 0 spiro atoms. The van der Waals surface area contributed by atoms with Gasteiger partial charge in [0.15, 0.2) is 0 Å². The number of benzene rings is 4. The van der Waals surface area contributed by atoms with Gasteiger partial charge in [-0.2, -0.15) is 0 Å². The molecule has 0 radical (unpaired) electrons. The number of hydrogen-bond donors (Lipinski definition) is 0. The summed E-state index contributed by atoms with van der Waals surface area (Å²) >= 11 is 0. The van der Waals surface area contributed by atoms with Crippen molar-refractivity contribution in [1.29, 1.82) is 0 Å². The molecular formula is C30H27BO3. The van der Waals surface area contributed by atoms with Crippen LogP contribution in [0.2, 0.25) is 0 Å². The fourth-order valence-electron chi connectivity index (χ4n) is 4.69. The molecule has 0 N–H and O–H groups in total. The molecule has 4 heteroatoms. The minimum absolute atomic E-state index is 0.383. The molecule has 0 amide bonds. The second-order valence-corrected chi connectivity index (χ2v) is 10.1. The second kappa shape index (κ2) is 7.59. The molecule has 34 heavy (non-hydrogen) atoms. The van der Waals surface area contributed by atoms with Crippen LogP contribution in [0, 0.1) is 0 Å². The summed E-state index contributed by atoms with van der Waals surface area (Å²) in [5.41, 5.74) is 6.55. The van der Waals surface area contributed by atoms with Crippen molar-refractivity contribution in [2.24, 2.45) is 0 Å². The second-order valence-electron chi connectivity index (χ2n) is 10.1. The highest BCUT2D eigenvalue weighted by atomic mass is 16.7. The first-order valence-corrected chi connectivity index (χ1v) is 11.8. The molecule has 1 aromatic heterocycles. The van der Waals surface area contributed by atoms with Gasteiger partial charge in [0.25, 0.3) is 0 Å². The third-order valence-corrected chi connectivity index (χ3v) is 7.31. The van der Waals surface area contributed by atoms with Crippen molar-refractivity contribution in [3.63, 3.8) is 0 Å². The average molecular weight is 446 g/mol. The lowest BCUT2D eigenvalue weighted by atomic mass is 9.79. The maximum atomic E-state index is 6.47. The molecule has 168 valence electrons. The van der Waals surface area contributed by atoms with E-state index in [1.807, 2.05) is 12.1 Å². The molecule has 0 saturated carbocycles. The summed E-state index contributed by atoms with van der Waals surface area (Å²) in [5.74, 6) is 0. The Hall–Kier alpha value is -3.34. The Kier molecular flexibility index (Phi) is 4.74. The molecule has 3 nitrogen and oxygen atoms in total. The summed E-state index contributed by atoms with van der Waals surface area (Å²) in [6, 6.07) is 31.7. The molecule has 0 bridgehead atoms. The monoisotopic (exact) mass is 446 g/mol. The number of fused-ring (bicyclic) bond motifs is 3. The summed E-state index contributed by atoms with van der Waals surface area (Å²) in [7, 11) is -0.420. The van der Waals surface area contributed by atoms with Crippen LogP contribution >= 0.6 is 0 Å². The van der Waals surface area contributed by atoms with E-state index in [0.29, 0.717) is 0 Å². The minimum Gasteiger partial charge on any atom is -0.456 e. The highest BCUT2D eigenvalue weighted by molar-refractivity contribution is 6.62. The number of furan rings is 1. The van der Waals surface area contributed by atoms with Crippen LogP contribution in [-0.2, 0) is 9.31 Å². The summed E-state index contributed by atoms with van der Waals surface area (Å²) in [6.07, 6.45) is 0. The Morgan fingerprint density at radius 2 is 1.21 bits per heavy atom.